The van der Waals surface area contributed by atoms with Crippen LogP contribution in [0.1, 0.15) is 6.92 Å². The molecule has 0 spiro atoms. The highest BCUT2D eigenvalue weighted by Crippen LogP contribution is 2.24. The average Bonchev–Trinajstić information content (AvgIpc) is 2.41. The number of aliphatic hydroxyl groups is 1. The third-order valence-electron chi connectivity index (χ3n) is 2.20. The number of cyclic esters (lactones) is 1. The molecule has 0 aliphatic carbocycles. The van der Waals surface area contributed by atoms with Gasteiger partial charge in [-0.1, -0.05) is 0 Å². The van der Waals surface area contributed by atoms with Crippen molar-refractivity contribution in [3.63, 3.8) is 0 Å². The van der Waals surface area contributed by atoms with Crippen molar-refractivity contribution in [2.24, 2.45) is 0 Å². The van der Waals surface area contributed by atoms with Crippen LogP contribution in [0.4, 0.5) is 0 Å². The van der Waals surface area contributed by atoms with Crippen molar-refractivity contribution < 1.29 is 39.8 Å². The van der Waals surface area contributed by atoms with Crippen LogP contribution in [0.15, 0.2) is 0 Å². The summed E-state index contributed by atoms with van der Waals surface area (Å²) < 4.78 is 57.3. The highest BCUT2D eigenvalue weighted by atomic mass is 32.2. The molecule has 112 valence electrons. The third-order valence-corrected chi connectivity index (χ3v) is 3.41. The lowest BCUT2D eigenvalue weighted by molar-refractivity contribution is -0.148. The van der Waals surface area contributed by atoms with E-state index in [2.05, 4.69) is 13.1 Å². The second-order valence-electron chi connectivity index (χ2n) is 4.12. The first-order chi connectivity index (χ1) is 8.41. The molecule has 1 saturated heterocycles. The molecule has 1 heterocycles. The molecule has 1 N–H and O–H groups in total. The van der Waals surface area contributed by atoms with E-state index in [0.29, 0.717) is 6.26 Å². The van der Waals surface area contributed by atoms with Gasteiger partial charge in [-0.3, -0.25) is 8.37 Å². The largest absolute Gasteiger partial charge is 0.455 e. The molecule has 19 heavy (non-hydrogen) atoms. The summed E-state index contributed by atoms with van der Waals surface area (Å²) in [6.45, 7) is 1.26. The van der Waals surface area contributed by atoms with E-state index in [-0.39, 0.29) is 0 Å². The normalized spacial score (nSPS) is 30.1. The van der Waals surface area contributed by atoms with E-state index < -0.39 is 50.6 Å². The van der Waals surface area contributed by atoms with Crippen LogP contribution in [0.3, 0.4) is 0 Å². The summed E-state index contributed by atoms with van der Waals surface area (Å²) in [6, 6.07) is 0. The van der Waals surface area contributed by atoms with Gasteiger partial charge in [-0.05, 0) is 6.92 Å². The standard InChI is InChI=1S/C8H14O9S2/c1-4(16-18(2,11)12)6-5(9)7(8(10)15-6)17-19(3,13)14/h4-7,9H,1-3H3/t4-,5+,6-,7+/m0/s1. The number of rotatable bonds is 5. The Kier molecular flexibility index (Phi) is 4.57. The van der Waals surface area contributed by atoms with Gasteiger partial charge in [0.2, 0.25) is 6.10 Å². The van der Waals surface area contributed by atoms with Crippen molar-refractivity contribution in [1.82, 2.24) is 0 Å². The van der Waals surface area contributed by atoms with Gasteiger partial charge < -0.3 is 9.84 Å². The van der Waals surface area contributed by atoms with Gasteiger partial charge in [0.05, 0.1) is 12.5 Å². The highest BCUT2D eigenvalue weighted by molar-refractivity contribution is 7.86. The number of carbonyl (C=O) groups is 1. The molecule has 0 aromatic rings. The Morgan fingerprint density at radius 3 is 2.16 bits per heavy atom. The van der Waals surface area contributed by atoms with Crippen LogP contribution in [0.25, 0.3) is 0 Å². The Morgan fingerprint density at radius 2 is 1.74 bits per heavy atom. The Bertz CT molecular complexity index is 549. The molecular formula is C8H14O9S2. The molecule has 0 aromatic carbocycles. The van der Waals surface area contributed by atoms with E-state index in [9.17, 15) is 26.7 Å². The Hall–Kier alpha value is -0.750. The summed E-state index contributed by atoms with van der Waals surface area (Å²) >= 11 is 0. The fourth-order valence-corrected chi connectivity index (χ4v) is 2.80. The van der Waals surface area contributed by atoms with Crippen LogP contribution in [0.5, 0.6) is 0 Å². The maximum atomic E-state index is 11.4. The molecule has 1 aliphatic rings. The second-order valence-corrected chi connectivity index (χ2v) is 7.32. The molecule has 0 amide bonds. The molecule has 0 saturated carbocycles. The molecular weight excluding hydrogens is 304 g/mol. The van der Waals surface area contributed by atoms with E-state index >= 15 is 0 Å². The number of aliphatic hydroxyl groups excluding tert-OH is 1. The monoisotopic (exact) mass is 318 g/mol. The molecule has 1 aliphatic heterocycles. The van der Waals surface area contributed by atoms with Gasteiger partial charge in [-0.2, -0.15) is 16.8 Å². The summed E-state index contributed by atoms with van der Waals surface area (Å²) in [5, 5.41) is 9.74. The van der Waals surface area contributed by atoms with E-state index in [1.54, 1.807) is 0 Å². The first-order valence-electron chi connectivity index (χ1n) is 5.06. The number of esters is 1. The van der Waals surface area contributed by atoms with E-state index in [1.165, 1.54) is 6.92 Å². The lowest BCUT2D eigenvalue weighted by Gasteiger charge is -2.20. The summed E-state index contributed by atoms with van der Waals surface area (Å²) in [4.78, 5) is 11.4. The molecule has 4 atom stereocenters. The Balaban J connectivity index is 2.83. The van der Waals surface area contributed by atoms with Crippen molar-refractivity contribution in [3.8, 4) is 0 Å². The zero-order valence-corrected chi connectivity index (χ0v) is 12.0. The SMILES string of the molecule is C[C@H](OS(C)(=O)=O)[C@@H]1OC(=O)[C@H](OS(C)(=O)=O)[C@@H]1O. The van der Waals surface area contributed by atoms with Crippen LogP contribution in [0, 0.1) is 0 Å². The highest BCUT2D eigenvalue weighted by Gasteiger charge is 2.49. The van der Waals surface area contributed by atoms with Crippen LogP contribution < -0.4 is 0 Å². The fraction of sp³-hybridized carbons (Fsp3) is 0.875. The molecule has 0 radical (unpaired) electrons. The van der Waals surface area contributed by atoms with Crippen LogP contribution in [-0.2, 0) is 38.1 Å². The molecule has 11 heteroatoms. The van der Waals surface area contributed by atoms with Crippen molar-refractivity contribution >= 4 is 26.2 Å². The molecule has 1 fully saturated rings. The summed E-state index contributed by atoms with van der Waals surface area (Å²) in [5.41, 5.74) is 0. The number of carbonyl (C=O) groups excluding carboxylic acids is 1. The molecule has 0 bridgehead atoms. The van der Waals surface area contributed by atoms with Gasteiger partial charge in [0.15, 0.2) is 6.10 Å². The minimum absolute atomic E-state index is 0.705. The summed E-state index contributed by atoms with van der Waals surface area (Å²) in [6.07, 6.45) is -4.41. The second kappa shape index (κ2) is 5.32. The average molecular weight is 318 g/mol. The van der Waals surface area contributed by atoms with Crippen molar-refractivity contribution in [1.29, 1.82) is 0 Å². The van der Waals surface area contributed by atoms with Gasteiger partial charge in [0.25, 0.3) is 20.2 Å². The van der Waals surface area contributed by atoms with Crippen molar-refractivity contribution in [3.05, 3.63) is 0 Å². The van der Waals surface area contributed by atoms with Gasteiger partial charge in [-0.25, -0.2) is 4.79 Å². The molecule has 9 nitrogen and oxygen atoms in total. The summed E-state index contributed by atoms with van der Waals surface area (Å²) in [5.74, 6) is -1.10. The maximum absolute atomic E-state index is 11.4. The van der Waals surface area contributed by atoms with Crippen LogP contribution in [0.2, 0.25) is 0 Å². The number of ether oxygens (including phenoxy) is 1. The van der Waals surface area contributed by atoms with E-state index in [1.807, 2.05) is 0 Å². The van der Waals surface area contributed by atoms with Crippen LogP contribution in [-0.4, -0.2) is 64.8 Å². The first kappa shape index (κ1) is 16.3. The quantitative estimate of drug-likeness (QED) is 0.450. The minimum Gasteiger partial charge on any atom is -0.455 e. The molecule has 1 rings (SSSR count). The fourth-order valence-electron chi connectivity index (χ4n) is 1.57. The minimum atomic E-state index is -3.98. The zero-order valence-electron chi connectivity index (χ0n) is 10.3. The number of hydrogen-bond donors (Lipinski definition) is 1. The smallest absolute Gasteiger partial charge is 0.340 e. The molecule has 0 aromatic heterocycles. The predicted molar refractivity (Wildman–Crippen MR) is 61.0 cm³/mol. The van der Waals surface area contributed by atoms with Crippen molar-refractivity contribution in [2.75, 3.05) is 12.5 Å². The zero-order chi connectivity index (χ0) is 15.0. The van der Waals surface area contributed by atoms with E-state index in [4.69, 9.17) is 0 Å². The first-order valence-corrected chi connectivity index (χ1v) is 8.69. The summed E-state index contributed by atoms with van der Waals surface area (Å²) in [7, 11) is -7.79. The van der Waals surface area contributed by atoms with Crippen molar-refractivity contribution in [2.45, 2.75) is 31.3 Å². The topological polar surface area (TPSA) is 133 Å². The Labute approximate surface area is 110 Å². The molecule has 0 unspecified atom stereocenters. The van der Waals surface area contributed by atoms with Crippen LogP contribution >= 0.6 is 0 Å². The lowest BCUT2D eigenvalue weighted by Crippen LogP contribution is -2.41. The lowest BCUT2D eigenvalue weighted by atomic mass is 10.1. The van der Waals surface area contributed by atoms with Gasteiger partial charge in [-0.15, -0.1) is 0 Å². The van der Waals surface area contributed by atoms with Gasteiger partial charge in [0, 0.05) is 0 Å². The maximum Gasteiger partial charge on any atom is 0.340 e. The van der Waals surface area contributed by atoms with Gasteiger partial charge >= 0.3 is 5.97 Å². The number of hydrogen-bond acceptors (Lipinski definition) is 9. The van der Waals surface area contributed by atoms with E-state index in [0.717, 1.165) is 6.26 Å². The predicted octanol–water partition coefficient (Wildman–Crippen LogP) is -2.02. The third kappa shape index (κ3) is 4.69. The van der Waals surface area contributed by atoms with Gasteiger partial charge in [0.1, 0.15) is 12.2 Å². The Morgan fingerprint density at radius 1 is 1.21 bits per heavy atom.